The monoisotopic (exact) mass is 530 g/mol. The van der Waals surface area contributed by atoms with Crippen molar-refractivity contribution in [1.82, 2.24) is 9.80 Å². The molecule has 1 aromatic carbocycles. The van der Waals surface area contributed by atoms with Crippen molar-refractivity contribution < 1.29 is 39.2 Å². The van der Waals surface area contributed by atoms with Crippen LogP contribution in [0.4, 0.5) is 10.1 Å². The minimum absolute atomic E-state index is 0.0300. The number of fused-ring (bicyclic) bond motifs is 4. The van der Waals surface area contributed by atoms with E-state index in [-0.39, 0.29) is 46.8 Å². The Kier molecular flexibility index (Phi) is 5.86. The number of aromatic hydroxyl groups is 1. The van der Waals surface area contributed by atoms with Crippen LogP contribution < -0.4 is 11.1 Å². The Morgan fingerprint density at radius 2 is 1.79 bits per heavy atom. The number of hydrogen-bond donors (Lipinski definition) is 6. The molecule has 1 amide bonds. The van der Waals surface area contributed by atoms with E-state index in [1.54, 1.807) is 14.1 Å². The Morgan fingerprint density at radius 1 is 1.13 bits per heavy atom. The number of carbonyl (C=O) groups is 3. The normalized spacial score (nSPS) is 30.6. The van der Waals surface area contributed by atoms with E-state index in [9.17, 15) is 34.8 Å². The molecule has 1 unspecified atom stereocenters. The van der Waals surface area contributed by atoms with Gasteiger partial charge in [-0.3, -0.25) is 19.3 Å². The quantitative estimate of drug-likeness (QED) is 0.239. The predicted molar refractivity (Wildman–Crippen MR) is 134 cm³/mol. The molecule has 0 aromatic heterocycles. The molecule has 204 valence electrons. The van der Waals surface area contributed by atoms with Crippen LogP contribution in [0, 0.1) is 17.7 Å². The van der Waals surface area contributed by atoms with E-state index in [0.717, 1.165) is 0 Å². The van der Waals surface area contributed by atoms with Gasteiger partial charge in [0.15, 0.2) is 11.4 Å². The standard InChI is InChI=1S/C26H31FN4O7/c1-30(2)12-5-6-29-18-15(12)17(27)10-7-9-8-11-19(31(3)4)22(34)16(25(28)37)24(36)26(11,38)23(35)13(9)20(32)14(10)21(18)33/h9,11-12,19,29,32-33,36,38H,5-8H2,1-4H3,(H2,28,37)/t9-,11-,12?,19-,26-/m0/s1. The van der Waals surface area contributed by atoms with Gasteiger partial charge in [-0.05, 0) is 53.4 Å². The smallest absolute Gasteiger partial charge is 0.255 e. The average Bonchev–Trinajstić information content (AvgIpc) is 2.83. The summed E-state index contributed by atoms with van der Waals surface area (Å²) < 4.78 is 16.1. The fourth-order valence-corrected chi connectivity index (χ4v) is 6.84. The lowest BCUT2D eigenvalue weighted by Crippen LogP contribution is -2.65. The lowest BCUT2D eigenvalue weighted by molar-refractivity contribution is -0.153. The van der Waals surface area contributed by atoms with Gasteiger partial charge >= 0.3 is 0 Å². The van der Waals surface area contributed by atoms with Crippen molar-refractivity contribution in [3.8, 4) is 5.75 Å². The van der Waals surface area contributed by atoms with Crippen LogP contribution in [-0.2, 0) is 20.8 Å². The van der Waals surface area contributed by atoms with Crippen LogP contribution in [0.5, 0.6) is 5.75 Å². The number of amides is 1. The molecule has 5 atom stereocenters. The Morgan fingerprint density at radius 3 is 2.37 bits per heavy atom. The van der Waals surface area contributed by atoms with Gasteiger partial charge in [0.2, 0.25) is 5.78 Å². The molecule has 5 rings (SSSR count). The van der Waals surface area contributed by atoms with Gasteiger partial charge in [0, 0.05) is 35.2 Å². The van der Waals surface area contributed by atoms with E-state index >= 15 is 4.39 Å². The zero-order chi connectivity index (χ0) is 28.0. The fourth-order valence-electron chi connectivity index (χ4n) is 6.84. The lowest BCUT2D eigenvalue weighted by Gasteiger charge is -2.50. The van der Waals surface area contributed by atoms with Gasteiger partial charge in [-0.2, -0.15) is 0 Å². The van der Waals surface area contributed by atoms with Crippen LogP contribution in [0.15, 0.2) is 16.9 Å². The van der Waals surface area contributed by atoms with Crippen molar-refractivity contribution in [2.75, 3.05) is 40.1 Å². The van der Waals surface area contributed by atoms with E-state index in [2.05, 4.69) is 5.32 Å². The number of nitrogens with one attached hydrogen (secondary N) is 1. The first-order chi connectivity index (χ1) is 17.7. The highest BCUT2D eigenvalue weighted by Gasteiger charge is 2.64. The third-order valence-corrected chi connectivity index (χ3v) is 8.54. The van der Waals surface area contributed by atoms with Crippen LogP contribution in [0.25, 0.3) is 5.76 Å². The summed E-state index contributed by atoms with van der Waals surface area (Å²) in [6, 6.07) is -1.53. The number of ketones is 2. The number of likely N-dealkylation sites (N-methyl/N-ethyl adjacent to an activating group) is 1. The predicted octanol–water partition coefficient (Wildman–Crippen LogP) is 0.521. The van der Waals surface area contributed by atoms with Gasteiger partial charge in [-0.25, -0.2) is 4.39 Å². The van der Waals surface area contributed by atoms with Crippen LogP contribution >= 0.6 is 0 Å². The topological polar surface area (TPSA) is 177 Å². The number of aliphatic hydroxyl groups excluding tert-OH is 2. The second kappa shape index (κ2) is 8.52. The number of nitrogens with two attached hydrogens (primary N) is 1. The third-order valence-electron chi connectivity index (χ3n) is 8.54. The number of Topliss-reactive ketones (excluding diaryl/α,β-unsaturated/α-hetero) is 2. The Balaban J connectivity index is 1.75. The van der Waals surface area contributed by atoms with Crippen LogP contribution in [-0.4, -0.2) is 94.1 Å². The molecular weight excluding hydrogens is 499 g/mol. The van der Waals surface area contributed by atoms with Crippen molar-refractivity contribution in [2.24, 2.45) is 17.6 Å². The highest BCUT2D eigenvalue weighted by molar-refractivity contribution is 6.24. The number of aliphatic hydroxyl groups is 3. The highest BCUT2D eigenvalue weighted by Crippen LogP contribution is 2.55. The Hall–Kier alpha value is -3.48. The zero-order valence-corrected chi connectivity index (χ0v) is 21.5. The molecule has 0 radical (unpaired) electrons. The molecule has 0 saturated heterocycles. The van der Waals surface area contributed by atoms with Crippen LogP contribution in [0.3, 0.4) is 0 Å². The number of carbonyl (C=O) groups excluding carboxylic acids is 3. The lowest BCUT2D eigenvalue weighted by atomic mass is 9.57. The Labute approximate surface area is 218 Å². The molecule has 1 aromatic rings. The molecule has 11 nitrogen and oxygen atoms in total. The summed E-state index contributed by atoms with van der Waals surface area (Å²) in [5.74, 6) is -8.23. The van der Waals surface area contributed by atoms with E-state index in [0.29, 0.717) is 13.0 Å². The number of hydrogen-bond acceptors (Lipinski definition) is 10. The molecule has 0 bridgehead atoms. The van der Waals surface area contributed by atoms with E-state index in [4.69, 9.17) is 5.73 Å². The van der Waals surface area contributed by atoms with Gasteiger partial charge in [-0.15, -0.1) is 0 Å². The molecule has 0 spiro atoms. The molecule has 1 heterocycles. The molecular formula is C26H31FN4O7. The van der Waals surface area contributed by atoms with Crippen LogP contribution in [0.1, 0.15) is 35.6 Å². The van der Waals surface area contributed by atoms with Gasteiger partial charge in [0.1, 0.15) is 28.7 Å². The number of benzene rings is 1. The van der Waals surface area contributed by atoms with Gasteiger partial charge < -0.3 is 36.4 Å². The molecule has 12 heteroatoms. The summed E-state index contributed by atoms with van der Waals surface area (Å²) >= 11 is 0. The summed E-state index contributed by atoms with van der Waals surface area (Å²) in [6.45, 7) is 0.441. The minimum Gasteiger partial charge on any atom is -0.508 e. The molecule has 1 aliphatic heterocycles. The maximum Gasteiger partial charge on any atom is 0.255 e. The van der Waals surface area contributed by atoms with Crippen molar-refractivity contribution in [3.63, 3.8) is 0 Å². The summed E-state index contributed by atoms with van der Waals surface area (Å²) in [5, 5.41) is 48.0. The van der Waals surface area contributed by atoms with E-state index in [1.165, 1.54) is 19.0 Å². The molecule has 7 N–H and O–H groups in total. The number of halogens is 1. The number of anilines is 1. The molecule has 3 aliphatic carbocycles. The van der Waals surface area contributed by atoms with Crippen LogP contribution in [0.2, 0.25) is 0 Å². The zero-order valence-electron chi connectivity index (χ0n) is 21.5. The first kappa shape index (κ1) is 26.1. The molecule has 4 aliphatic rings. The number of rotatable bonds is 3. The number of nitrogens with zero attached hydrogens (tertiary/aromatic N) is 2. The third kappa shape index (κ3) is 3.20. The fraction of sp³-hybridized carbons (Fsp3) is 0.500. The first-order valence-corrected chi connectivity index (χ1v) is 12.4. The second-order valence-corrected chi connectivity index (χ2v) is 11.0. The second-order valence-electron chi connectivity index (χ2n) is 11.0. The maximum atomic E-state index is 16.1. The van der Waals surface area contributed by atoms with Crippen molar-refractivity contribution >= 4 is 28.9 Å². The maximum absolute atomic E-state index is 16.1. The highest BCUT2D eigenvalue weighted by atomic mass is 19.1. The van der Waals surface area contributed by atoms with Gasteiger partial charge in [0.25, 0.3) is 5.91 Å². The van der Waals surface area contributed by atoms with Gasteiger partial charge in [-0.1, -0.05) is 0 Å². The van der Waals surface area contributed by atoms with E-state index in [1.807, 2.05) is 4.90 Å². The van der Waals surface area contributed by atoms with Crippen molar-refractivity contribution in [3.05, 3.63) is 39.4 Å². The minimum atomic E-state index is -2.73. The van der Waals surface area contributed by atoms with Gasteiger partial charge in [0.05, 0.1) is 17.3 Å². The Bertz CT molecular complexity index is 1370. The number of phenolic OH excluding ortho intramolecular Hbond substituents is 1. The van der Waals surface area contributed by atoms with Crippen molar-refractivity contribution in [2.45, 2.75) is 36.9 Å². The molecule has 1 saturated carbocycles. The van der Waals surface area contributed by atoms with E-state index < -0.39 is 69.6 Å². The summed E-state index contributed by atoms with van der Waals surface area (Å²) in [6.07, 6.45) is 0.388. The summed E-state index contributed by atoms with van der Waals surface area (Å²) in [5.41, 5.74) is 1.55. The molecule has 1 fully saturated rings. The number of primary amides is 1. The summed E-state index contributed by atoms with van der Waals surface area (Å²) in [4.78, 5) is 42.4. The largest absolute Gasteiger partial charge is 0.508 e. The van der Waals surface area contributed by atoms with Crippen molar-refractivity contribution in [1.29, 1.82) is 0 Å². The SMILES string of the molecule is CN(C)C1CCNc2c(O)c3c(c(F)c21)C[C@H]1C[C@H]2[C@H](N(C)C)C(=O)C(C(N)=O)=C(O)[C@@]2(O)C(=O)C1=C3O. The summed E-state index contributed by atoms with van der Waals surface area (Å²) in [7, 11) is 6.64. The number of phenols is 1. The first-order valence-electron chi connectivity index (χ1n) is 12.4. The molecule has 38 heavy (non-hydrogen) atoms. The average molecular weight is 531 g/mol.